The third-order valence-electron chi connectivity index (χ3n) is 4.96. The third-order valence-corrected chi connectivity index (χ3v) is 5.51. The highest BCUT2D eigenvalue weighted by Crippen LogP contribution is 2.57. The third kappa shape index (κ3) is 3.78. The van der Waals surface area contributed by atoms with Crippen molar-refractivity contribution in [1.82, 2.24) is 0 Å². The summed E-state index contributed by atoms with van der Waals surface area (Å²) < 4.78 is 0. The van der Waals surface area contributed by atoms with Crippen molar-refractivity contribution < 1.29 is 0 Å². The summed E-state index contributed by atoms with van der Waals surface area (Å²) >= 11 is 12.5. The van der Waals surface area contributed by atoms with Crippen LogP contribution >= 0.6 is 23.2 Å². The summed E-state index contributed by atoms with van der Waals surface area (Å²) in [5, 5.41) is 4.98. The van der Waals surface area contributed by atoms with Crippen molar-refractivity contribution in [3.63, 3.8) is 0 Å². The Hall–Kier alpha value is -1.70. The van der Waals surface area contributed by atoms with Gasteiger partial charge in [-0.1, -0.05) is 49.3 Å². The van der Waals surface area contributed by atoms with E-state index in [1.165, 1.54) is 11.1 Å². The Morgan fingerprint density at radius 3 is 2.44 bits per heavy atom. The van der Waals surface area contributed by atoms with Crippen molar-refractivity contribution in [2.45, 2.75) is 26.7 Å². The Bertz CT molecular complexity index is 833. The number of aryl methyl sites for hydroxylation is 1. The molecular weight excluding hydrogens is 349 g/mol. The van der Waals surface area contributed by atoms with Crippen LogP contribution in [0, 0.1) is 18.8 Å². The molecular formula is C22H23Cl2N. The molecule has 3 rings (SSSR count). The summed E-state index contributed by atoms with van der Waals surface area (Å²) in [6.07, 6.45) is 0. The van der Waals surface area contributed by atoms with Gasteiger partial charge in [0.25, 0.3) is 0 Å². The van der Waals surface area contributed by atoms with Gasteiger partial charge in [0, 0.05) is 27.3 Å². The van der Waals surface area contributed by atoms with Crippen LogP contribution in [0.5, 0.6) is 0 Å². The first kappa shape index (κ1) is 18.1. The van der Waals surface area contributed by atoms with Crippen molar-refractivity contribution in [3.05, 3.63) is 82.0 Å². The minimum absolute atomic E-state index is 0.404. The Kier molecular flexibility index (Phi) is 4.99. The second-order valence-electron chi connectivity index (χ2n) is 7.10. The van der Waals surface area contributed by atoms with Crippen LogP contribution in [0.4, 0.5) is 5.69 Å². The fraction of sp³-hybridized carbons (Fsp3) is 0.273. The molecule has 0 bridgehead atoms. The van der Waals surface area contributed by atoms with Crippen LogP contribution in [0.15, 0.2) is 55.3 Å². The topological polar surface area (TPSA) is 12.0 Å². The smallest absolute Gasteiger partial charge is 0.0482 e. The second kappa shape index (κ2) is 6.90. The average molecular weight is 372 g/mol. The van der Waals surface area contributed by atoms with Gasteiger partial charge in [-0.3, -0.25) is 0 Å². The van der Waals surface area contributed by atoms with Gasteiger partial charge in [0.2, 0.25) is 0 Å². The lowest BCUT2D eigenvalue weighted by molar-refractivity contribution is 0.861. The molecule has 3 heteroatoms. The fourth-order valence-electron chi connectivity index (χ4n) is 3.66. The van der Waals surface area contributed by atoms with Crippen LogP contribution in [-0.4, -0.2) is 0 Å². The quantitative estimate of drug-likeness (QED) is 0.580. The number of nitrogens with one attached hydrogen (secondary N) is 1. The molecule has 0 heterocycles. The van der Waals surface area contributed by atoms with Crippen LogP contribution in [-0.2, 0) is 0 Å². The van der Waals surface area contributed by atoms with E-state index in [0.717, 1.165) is 32.6 Å². The highest BCUT2D eigenvalue weighted by atomic mass is 35.5. The molecule has 130 valence electrons. The van der Waals surface area contributed by atoms with E-state index < -0.39 is 0 Å². The Balaban J connectivity index is 1.76. The van der Waals surface area contributed by atoms with Gasteiger partial charge >= 0.3 is 0 Å². The first-order chi connectivity index (χ1) is 11.8. The number of halogens is 2. The summed E-state index contributed by atoms with van der Waals surface area (Å²) in [7, 11) is 0. The van der Waals surface area contributed by atoms with Gasteiger partial charge in [-0.2, -0.15) is 0 Å². The van der Waals surface area contributed by atoms with E-state index in [0.29, 0.717) is 17.8 Å². The Morgan fingerprint density at radius 1 is 1.08 bits per heavy atom. The zero-order valence-electron chi connectivity index (χ0n) is 14.9. The predicted molar refractivity (Wildman–Crippen MR) is 111 cm³/mol. The summed E-state index contributed by atoms with van der Waals surface area (Å²) in [6.45, 7) is 14.6. The van der Waals surface area contributed by atoms with Crippen molar-refractivity contribution in [2.75, 3.05) is 5.32 Å². The number of rotatable bonds is 5. The van der Waals surface area contributed by atoms with Crippen LogP contribution in [0.1, 0.15) is 36.5 Å². The normalized spacial score (nSPS) is 21.7. The molecule has 0 saturated heterocycles. The van der Waals surface area contributed by atoms with E-state index in [1.807, 2.05) is 31.2 Å². The highest BCUT2D eigenvalue weighted by molar-refractivity contribution is 6.32. The number of allylic oxidation sites excluding steroid dienone is 2. The number of hydrogen-bond donors (Lipinski definition) is 1. The van der Waals surface area contributed by atoms with Gasteiger partial charge in [0.15, 0.2) is 0 Å². The molecule has 0 aliphatic heterocycles. The highest BCUT2D eigenvalue weighted by Gasteiger charge is 2.49. The monoisotopic (exact) mass is 371 g/mol. The zero-order chi connectivity index (χ0) is 18.3. The molecule has 1 fully saturated rings. The van der Waals surface area contributed by atoms with E-state index in [2.05, 4.69) is 44.5 Å². The van der Waals surface area contributed by atoms with Crippen LogP contribution in [0.3, 0.4) is 0 Å². The maximum Gasteiger partial charge on any atom is 0.0482 e. The van der Waals surface area contributed by atoms with E-state index >= 15 is 0 Å². The number of benzene rings is 2. The molecule has 0 aromatic heterocycles. The summed E-state index contributed by atoms with van der Waals surface area (Å²) in [4.78, 5) is 0. The lowest BCUT2D eigenvalue weighted by Gasteiger charge is -2.12. The minimum Gasteiger partial charge on any atom is -0.359 e. The van der Waals surface area contributed by atoms with Crippen molar-refractivity contribution >= 4 is 34.5 Å². The summed E-state index contributed by atoms with van der Waals surface area (Å²) in [5.74, 6) is 1.41. The van der Waals surface area contributed by atoms with Gasteiger partial charge < -0.3 is 5.32 Å². The molecule has 1 aliphatic carbocycles. The summed E-state index contributed by atoms with van der Waals surface area (Å²) in [6, 6.07) is 12.2. The fourth-order valence-corrected chi connectivity index (χ4v) is 4.24. The molecule has 3 atom stereocenters. The van der Waals surface area contributed by atoms with Gasteiger partial charge in [-0.25, -0.2) is 0 Å². The first-order valence-corrected chi connectivity index (χ1v) is 9.22. The van der Waals surface area contributed by atoms with Crippen LogP contribution < -0.4 is 5.32 Å². The molecule has 0 amide bonds. The zero-order valence-corrected chi connectivity index (χ0v) is 16.4. The molecule has 3 unspecified atom stereocenters. The van der Waals surface area contributed by atoms with Gasteiger partial charge in [-0.05, 0) is 78.3 Å². The molecule has 0 spiro atoms. The van der Waals surface area contributed by atoms with Crippen molar-refractivity contribution in [3.8, 4) is 0 Å². The molecule has 25 heavy (non-hydrogen) atoms. The Morgan fingerprint density at radius 2 is 1.80 bits per heavy atom. The number of hydrogen-bond acceptors (Lipinski definition) is 1. The van der Waals surface area contributed by atoms with Crippen LogP contribution in [0.2, 0.25) is 10.0 Å². The average Bonchev–Trinajstić information content (AvgIpc) is 3.19. The lowest BCUT2D eigenvalue weighted by Crippen LogP contribution is -2.02. The summed E-state index contributed by atoms with van der Waals surface area (Å²) in [5.41, 5.74) is 6.43. The van der Waals surface area contributed by atoms with E-state index in [4.69, 9.17) is 23.2 Å². The van der Waals surface area contributed by atoms with Gasteiger partial charge in [-0.15, -0.1) is 0 Å². The van der Waals surface area contributed by atoms with Gasteiger partial charge in [0.1, 0.15) is 0 Å². The number of anilines is 1. The molecule has 2 aromatic carbocycles. The standard InChI is InChI=1S/C22H23Cl2N/c1-12(2)19-11-18(6-7-20(19)24)25-15(5)21-14(4)22(21)16-8-13(3)9-17(23)10-16/h6-11,14,21-22,25H,1,5H2,2-4H3. The SMILES string of the molecule is C=C(C)c1cc(NC(=C)C2C(C)C2c2cc(C)cc(Cl)c2)ccc1Cl. The first-order valence-electron chi connectivity index (χ1n) is 8.46. The Labute approximate surface area is 160 Å². The molecule has 2 aromatic rings. The van der Waals surface area contributed by atoms with Crippen LogP contribution in [0.25, 0.3) is 5.57 Å². The van der Waals surface area contributed by atoms with E-state index in [9.17, 15) is 0 Å². The molecule has 1 N–H and O–H groups in total. The molecule has 1 nitrogen and oxygen atoms in total. The molecule has 1 aliphatic rings. The maximum atomic E-state index is 6.24. The van der Waals surface area contributed by atoms with E-state index in [1.54, 1.807) is 0 Å². The second-order valence-corrected chi connectivity index (χ2v) is 7.94. The van der Waals surface area contributed by atoms with Gasteiger partial charge in [0.05, 0.1) is 0 Å². The molecule has 0 radical (unpaired) electrons. The minimum atomic E-state index is 0.404. The maximum absolute atomic E-state index is 6.24. The van der Waals surface area contributed by atoms with Crippen molar-refractivity contribution in [1.29, 1.82) is 0 Å². The molecule has 1 saturated carbocycles. The van der Waals surface area contributed by atoms with E-state index in [-0.39, 0.29) is 0 Å². The largest absolute Gasteiger partial charge is 0.359 e. The predicted octanol–water partition coefficient (Wildman–Crippen LogP) is 7.31. The lowest BCUT2D eigenvalue weighted by atomic mass is 10.0. The van der Waals surface area contributed by atoms with Crippen molar-refractivity contribution in [2.24, 2.45) is 11.8 Å².